The lowest BCUT2D eigenvalue weighted by Crippen LogP contribution is -2.34. The molecule has 0 fully saturated rings. The standard InChI is InChI=1S/C17H17N3O2/c21-16(13-18-17(22)15-9-5-2-6-10-15)20-19-12-11-14-7-3-1-4-8-14/h1-10,12H,11,13H2,(H,18,22)(H,20,21). The monoisotopic (exact) mass is 295 g/mol. The van der Waals surface area contributed by atoms with E-state index in [9.17, 15) is 9.59 Å². The van der Waals surface area contributed by atoms with Crippen LogP contribution >= 0.6 is 0 Å². The fraction of sp³-hybridized carbons (Fsp3) is 0.118. The van der Waals surface area contributed by atoms with E-state index >= 15 is 0 Å². The molecule has 0 radical (unpaired) electrons. The highest BCUT2D eigenvalue weighted by atomic mass is 16.2. The molecule has 5 heteroatoms. The second-order valence-electron chi connectivity index (χ2n) is 4.59. The Morgan fingerprint density at radius 1 is 0.955 bits per heavy atom. The molecular weight excluding hydrogens is 278 g/mol. The maximum absolute atomic E-state index is 11.7. The molecule has 5 nitrogen and oxygen atoms in total. The first kappa shape index (κ1) is 15.4. The molecule has 2 aromatic rings. The van der Waals surface area contributed by atoms with E-state index in [0.717, 1.165) is 5.56 Å². The van der Waals surface area contributed by atoms with Gasteiger partial charge in [0.1, 0.15) is 0 Å². The van der Waals surface area contributed by atoms with Gasteiger partial charge in [-0.25, -0.2) is 5.43 Å². The van der Waals surface area contributed by atoms with E-state index in [1.165, 1.54) is 0 Å². The smallest absolute Gasteiger partial charge is 0.259 e. The Morgan fingerprint density at radius 2 is 1.59 bits per heavy atom. The van der Waals surface area contributed by atoms with Crippen molar-refractivity contribution in [2.75, 3.05) is 6.54 Å². The Balaban J connectivity index is 1.69. The molecule has 0 aliphatic carbocycles. The van der Waals surface area contributed by atoms with Crippen LogP contribution in [0.5, 0.6) is 0 Å². The summed E-state index contributed by atoms with van der Waals surface area (Å²) in [6, 6.07) is 18.5. The van der Waals surface area contributed by atoms with E-state index in [2.05, 4.69) is 15.8 Å². The summed E-state index contributed by atoms with van der Waals surface area (Å²) in [7, 11) is 0. The largest absolute Gasteiger partial charge is 0.343 e. The van der Waals surface area contributed by atoms with Gasteiger partial charge in [-0.2, -0.15) is 5.10 Å². The summed E-state index contributed by atoms with van der Waals surface area (Å²) in [5, 5.41) is 6.37. The van der Waals surface area contributed by atoms with E-state index in [-0.39, 0.29) is 18.4 Å². The van der Waals surface area contributed by atoms with Crippen molar-refractivity contribution in [2.45, 2.75) is 6.42 Å². The zero-order chi connectivity index (χ0) is 15.6. The van der Waals surface area contributed by atoms with Gasteiger partial charge in [0.15, 0.2) is 0 Å². The van der Waals surface area contributed by atoms with Crippen LogP contribution in [0, 0.1) is 0 Å². The van der Waals surface area contributed by atoms with E-state index in [0.29, 0.717) is 12.0 Å². The summed E-state index contributed by atoms with van der Waals surface area (Å²) < 4.78 is 0. The van der Waals surface area contributed by atoms with Crippen LogP contribution in [0.25, 0.3) is 0 Å². The Morgan fingerprint density at radius 3 is 2.27 bits per heavy atom. The van der Waals surface area contributed by atoms with Crippen LogP contribution in [-0.2, 0) is 11.2 Å². The lowest BCUT2D eigenvalue weighted by Gasteiger charge is -2.03. The molecule has 0 aromatic heterocycles. The number of rotatable bonds is 6. The van der Waals surface area contributed by atoms with Crippen molar-refractivity contribution >= 4 is 18.0 Å². The fourth-order valence-corrected chi connectivity index (χ4v) is 1.77. The topological polar surface area (TPSA) is 70.6 Å². The number of carbonyl (C=O) groups excluding carboxylic acids is 2. The van der Waals surface area contributed by atoms with Gasteiger partial charge in [-0.1, -0.05) is 48.5 Å². The lowest BCUT2D eigenvalue weighted by atomic mass is 10.2. The third-order valence-electron chi connectivity index (χ3n) is 2.90. The molecule has 0 unspecified atom stereocenters. The number of benzene rings is 2. The molecule has 2 aromatic carbocycles. The summed E-state index contributed by atoms with van der Waals surface area (Å²) in [6.45, 7) is -0.115. The maximum atomic E-state index is 11.7. The van der Waals surface area contributed by atoms with Gasteiger partial charge in [0.25, 0.3) is 11.8 Å². The highest BCUT2D eigenvalue weighted by Gasteiger charge is 2.06. The fourth-order valence-electron chi connectivity index (χ4n) is 1.77. The third kappa shape index (κ3) is 5.20. The molecule has 0 aliphatic heterocycles. The van der Waals surface area contributed by atoms with E-state index < -0.39 is 0 Å². The van der Waals surface area contributed by atoms with Gasteiger partial charge in [0.2, 0.25) is 0 Å². The predicted molar refractivity (Wildman–Crippen MR) is 85.6 cm³/mol. The van der Waals surface area contributed by atoms with Gasteiger partial charge in [-0.3, -0.25) is 9.59 Å². The molecule has 0 atom stereocenters. The highest BCUT2D eigenvalue weighted by molar-refractivity contribution is 5.96. The van der Waals surface area contributed by atoms with Gasteiger partial charge in [-0.15, -0.1) is 0 Å². The minimum atomic E-state index is -0.367. The van der Waals surface area contributed by atoms with Crippen LogP contribution in [0.1, 0.15) is 15.9 Å². The van der Waals surface area contributed by atoms with Gasteiger partial charge >= 0.3 is 0 Å². The molecule has 112 valence electrons. The summed E-state index contributed by atoms with van der Waals surface area (Å²) in [4.78, 5) is 23.3. The average molecular weight is 295 g/mol. The van der Waals surface area contributed by atoms with E-state index in [1.807, 2.05) is 36.4 Å². The van der Waals surface area contributed by atoms with Crippen molar-refractivity contribution in [2.24, 2.45) is 5.10 Å². The van der Waals surface area contributed by atoms with Gasteiger partial charge in [0, 0.05) is 18.2 Å². The minimum Gasteiger partial charge on any atom is -0.343 e. The van der Waals surface area contributed by atoms with Crippen molar-refractivity contribution in [1.29, 1.82) is 0 Å². The normalized spacial score (nSPS) is 10.4. The first-order chi connectivity index (χ1) is 10.8. The van der Waals surface area contributed by atoms with Crippen LogP contribution in [0.3, 0.4) is 0 Å². The second kappa shape index (κ2) is 8.36. The number of hydrazone groups is 1. The lowest BCUT2D eigenvalue weighted by molar-refractivity contribution is -0.120. The summed E-state index contributed by atoms with van der Waals surface area (Å²) in [5.41, 5.74) is 4.00. The number of amides is 2. The van der Waals surface area contributed by atoms with Crippen molar-refractivity contribution in [3.63, 3.8) is 0 Å². The van der Waals surface area contributed by atoms with Crippen LogP contribution < -0.4 is 10.7 Å². The Labute approximate surface area is 129 Å². The molecule has 0 bridgehead atoms. The zero-order valence-corrected chi connectivity index (χ0v) is 12.0. The summed E-state index contributed by atoms with van der Waals surface area (Å²) >= 11 is 0. The molecular formula is C17H17N3O2. The highest BCUT2D eigenvalue weighted by Crippen LogP contribution is 1.98. The maximum Gasteiger partial charge on any atom is 0.259 e. The molecule has 0 spiro atoms. The van der Waals surface area contributed by atoms with Crippen molar-refractivity contribution < 1.29 is 9.59 Å². The van der Waals surface area contributed by atoms with Crippen LogP contribution in [0.15, 0.2) is 65.8 Å². The first-order valence-corrected chi connectivity index (χ1v) is 6.93. The number of carbonyl (C=O) groups is 2. The molecule has 0 saturated carbocycles. The second-order valence-corrected chi connectivity index (χ2v) is 4.59. The molecule has 2 rings (SSSR count). The molecule has 2 N–H and O–H groups in total. The molecule has 0 heterocycles. The molecule has 2 amide bonds. The van der Waals surface area contributed by atoms with Crippen molar-refractivity contribution in [3.05, 3.63) is 71.8 Å². The Bertz CT molecular complexity index is 639. The third-order valence-corrected chi connectivity index (χ3v) is 2.90. The number of nitrogens with zero attached hydrogens (tertiary/aromatic N) is 1. The SMILES string of the molecule is O=C(CNC(=O)c1ccccc1)NN=CCc1ccccc1. The number of hydrogen-bond acceptors (Lipinski definition) is 3. The predicted octanol–water partition coefficient (Wildman–Crippen LogP) is 1.76. The Hall–Kier alpha value is -2.95. The number of hydrogen-bond donors (Lipinski definition) is 2. The van der Waals surface area contributed by atoms with Crippen LogP contribution in [0.4, 0.5) is 0 Å². The number of nitrogens with one attached hydrogen (secondary N) is 2. The van der Waals surface area contributed by atoms with Gasteiger partial charge in [0.05, 0.1) is 6.54 Å². The van der Waals surface area contributed by atoms with Crippen LogP contribution in [-0.4, -0.2) is 24.6 Å². The average Bonchev–Trinajstić information content (AvgIpc) is 2.58. The van der Waals surface area contributed by atoms with Gasteiger partial charge in [-0.05, 0) is 17.7 Å². The summed E-state index contributed by atoms with van der Waals surface area (Å²) in [5.74, 6) is -0.655. The first-order valence-electron chi connectivity index (χ1n) is 6.93. The zero-order valence-electron chi connectivity index (χ0n) is 12.0. The van der Waals surface area contributed by atoms with Crippen molar-refractivity contribution in [3.8, 4) is 0 Å². The quantitative estimate of drug-likeness (QED) is 0.630. The van der Waals surface area contributed by atoms with Gasteiger partial charge < -0.3 is 5.32 Å². The molecule has 0 aliphatic rings. The van der Waals surface area contributed by atoms with E-state index in [4.69, 9.17) is 0 Å². The van der Waals surface area contributed by atoms with E-state index in [1.54, 1.807) is 30.5 Å². The molecule has 22 heavy (non-hydrogen) atoms. The van der Waals surface area contributed by atoms with Crippen molar-refractivity contribution in [1.82, 2.24) is 10.7 Å². The van der Waals surface area contributed by atoms with Crippen LogP contribution in [0.2, 0.25) is 0 Å². The summed E-state index contributed by atoms with van der Waals surface area (Å²) in [6.07, 6.45) is 2.25. The Kier molecular flexibility index (Phi) is 5.87. The minimum absolute atomic E-state index is 0.115. The molecule has 0 saturated heterocycles.